The topological polar surface area (TPSA) is 50.1 Å². The number of rotatable bonds is 4. The largest absolute Gasteiger partial charge is 0.466 e. The third kappa shape index (κ3) is 3.28. The van der Waals surface area contributed by atoms with Gasteiger partial charge in [-0.3, -0.25) is 4.79 Å². The van der Waals surface area contributed by atoms with E-state index in [9.17, 15) is 9.18 Å². The summed E-state index contributed by atoms with van der Waals surface area (Å²) >= 11 is 0. The molecule has 0 radical (unpaired) electrons. The highest BCUT2D eigenvalue weighted by molar-refractivity contribution is 5.72. The fourth-order valence-corrected chi connectivity index (χ4v) is 1.57. The second-order valence-electron chi connectivity index (χ2n) is 3.55. The molecule has 1 aromatic carbocycles. The van der Waals surface area contributed by atoms with Gasteiger partial charge in [-0.15, -0.1) is 0 Å². The van der Waals surface area contributed by atoms with Crippen LogP contribution in [0.4, 0.5) is 4.39 Å². The Balaban J connectivity index is 3.01. The molecule has 4 heteroatoms. The Hall–Kier alpha value is -1.89. The summed E-state index contributed by atoms with van der Waals surface area (Å²) in [6.07, 6.45) is 0.525. The maximum atomic E-state index is 13.6. The first-order valence-electron chi connectivity index (χ1n) is 5.49. The fourth-order valence-electron chi connectivity index (χ4n) is 1.57. The average Bonchev–Trinajstić information content (AvgIpc) is 2.31. The highest BCUT2D eigenvalue weighted by atomic mass is 19.1. The van der Waals surface area contributed by atoms with Crippen LogP contribution in [0.2, 0.25) is 0 Å². The van der Waals surface area contributed by atoms with Gasteiger partial charge in [0.1, 0.15) is 5.82 Å². The van der Waals surface area contributed by atoms with Crippen LogP contribution in [0.5, 0.6) is 0 Å². The van der Waals surface area contributed by atoms with Crippen molar-refractivity contribution in [3.8, 4) is 6.07 Å². The van der Waals surface area contributed by atoms with Gasteiger partial charge in [-0.05, 0) is 30.5 Å². The highest BCUT2D eigenvalue weighted by Gasteiger charge is 2.12. The lowest BCUT2D eigenvalue weighted by atomic mass is 10.0. The number of ether oxygens (including phenoxy) is 1. The molecule has 90 valence electrons. The smallest absolute Gasteiger partial charge is 0.310 e. The minimum Gasteiger partial charge on any atom is -0.466 e. The number of carbonyl (C=O) groups excluding carboxylic acids is 1. The van der Waals surface area contributed by atoms with Crippen molar-refractivity contribution in [1.82, 2.24) is 0 Å². The highest BCUT2D eigenvalue weighted by Crippen LogP contribution is 2.17. The molecule has 0 atom stereocenters. The van der Waals surface area contributed by atoms with Crippen molar-refractivity contribution in [2.24, 2.45) is 0 Å². The Bertz CT molecular complexity index is 463. The lowest BCUT2D eigenvalue weighted by Gasteiger charge is -2.07. The van der Waals surface area contributed by atoms with Crippen molar-refractivity contribution in [3.63, 3.8) is 0 Å². The molecule has 0 aliphatic carbocycles. The zero-order valence-corrected chi connectivity index (χ0v) is 9.92. The lowest BCUT2D eigenvalue weighted by Crippen LogP contribution is -2.09. The van der Waals surface area contributed by atoms with E-state index in [2.05, 4.69) is 0 Å². The molecule has 1 rings (SSSR count). The van der Waals surface area contributed by atoms with Gasteiger partial charge < -0.3 is 4.74 Å². The van der Waals surface area contributed by atoms with Crippen LogP contribution >= 0.6 is 0 Å². The van der Waals surface area contributed by atoms with Crippen molar-refractivity contribution in [1.29, 1.82) is 5.26 Å². The molecule has 0 N–H and O–H groups in total. The van der Waals surface area contributed by atoms with Gasteiger partial charge >= 0.3 is 5.97 Å². The van der Waals surface area contributed by atoms with Gasteiger partial charge in [-0.2, -0.15) is 5.26 Å². The van der Waals surface area contributed by atoms with Crippen LogP contribution in [-0.2, 0) is 22.4 Å². The van der Waals surface area contributed by atoms with Gasteiger partial charge in [0.15, 0.2) is 0 Å². The average molecular weight is 235 g/mol. The van der Waals surface area contributed by atoms with E-state index in [1.54, 1.807) is 13.0 Å². The van der Waals surface area contributed by atoms with Crippen molar-refractivity contribution in [2.75, 3.05) is 6.61 Å². The molecule has 0 saturated heterocycles. The van der Waals surface area contributed by atoms with Crippen molar-refractivity contribution >= 4 is 5.97 Å². The molecule has 17 heavy (non-hydrogen) atoms. The minimum absolute atomic E-state index is 0.0988. The van der Waals surface area contributed by atoms with E-state index in [1.165, 1.54) is 6.07 Å². The number of benzene rings is 1. The molecule has 1 aromatic rings. The number of carbonyl (C=O) groups is 1. The normalized spacial score (nSPS) is 9.76. The van der Waals surface area contributed by atoms with Gasteiger partial charge in [0.25, 0.3) is 0 Å². The predicted molar refractivity (Wildman–Crippen MR) is 60.8 cm³/mol. The SMILES string of the molecule is CCOC(=O)Cc1cc(CC)c(C#N)cc1F. The van der Waals surface area contributed by atoms with Crippen LogP contribution in [0.15, 0.2) is 12.1 Å². The summed E-state index contributed by atoms with van der Waals surface area (Å²) in [6, 6.07) is 4.67. The van der Waals surface area contributed by atoms with E-state index in [1.807, 2.05) is 13.0 Å². The minimum atomic E-state index is -0.535. The monoisotopic (exact) mass is 235 g/mol. The van der Waals surface area contributed by atoms with Crippen LogP contribution in [0.25, 0.3) is 0 Å². The Labute approximate surface area is 99.8 Å². The van der Waals surface area contributed by atoms with Crippen LogP contribution in [0, 0.1) is 17.1 Å². The molecule has 0 amide bonds. The van der Waals surface area contributed by atoms with Crippen molar-refractivity contribution in [3.05, 3.63) is 34.6 Å². The first kappa shape index (κ1) is 13.2. The van der Waals surface area contributed by atoms with Gasteiger partial charge in [-0.25, -0.2) is 4.39 Å². The third-order valence-corrected chi connectivity index (χ3v) is 2.41. The summed E-state index contributed by atoms with van der Waals surface area (Å²) in [4.78, 5) is 11.3. The Morgan fingerprint density at radius 1 is 1.41 bits per heavy atom. The Morgan fingerprint density at radius 3 is 2.65 bits per heavy atom. The van der Waals surface area contributed by atoms with E-state index in [0.29, 0.717) is 12.0 Å². The number of hydrogen-bond acceptors (Lipinski definition) is 3. The number of hydrogen-bond donors (Lipinski definition) is 0. The Morgan fingerprint density at radius 2 is 2.12 bits per heavy atom. The zero-order valence-electron chi connectivity index (χ0n) is 9.92. The number of esters is 1. The molecule has 0 spiro atoms. The number of nitriles is 1. The summed E-state index contributed by atoms with van der Waals surface area (Å²) in [5.74, 6) is -0.995. The zero-order chi connectivity index (χ0) is 12.8. The molecule has 0 fully saturated rings. The first-order valence-corrected chi connectivity index (χ1v) is 5.49. The molecule has 0 aliphatic heterocycles. The summed E-state index contributed by atoms with van der Waals surface area (Å²) < 4.78 is 18.4. The van der Waals surface area contributed by atoms with Crippen LogP contribution in [0.1, 0.15) is 30.5 Å². The molecule has 0 heterocycles. The van der Waals surface area contributed by atoms with Gasteiger partial charge in [0.05, 0.1) is 24.7 Å². The second kappa shape index (κ2) is 6.00. The van der Waals surface area contributed by atoms with Crippen LogP contribution in [0.3, 0.4) is 0 Å². The summed E-state index contributed by atoms with van der Waals surface area (Å²) in [5, 5.41) is 8.82. The summed E-state index contributed by atoms with van der Waals surface area (Å²) in [5.41, 5.74) is 1.34. The quantitative estimate of drug-likeness (QED) is 0.753. The van der Waals surface area contributed by atoms with Crippen LogP contribution < -0.4 is 0 Å². The maximum Gasteiger partial charge on any atom is 0.310 e. The van der Waals surface area contributed by atoms with Crippen molar-refractivity contribution in [2.45, 2.75) is 26.7 Å². The molecular formula is C13H14FNO2. The number of aryl methyl sites for hydroxylation is 1. The fraction of sp³-hybridized carbons (Fsp3) is 0.385. The van der Waals surface area contributed by atoms with E-state index in [0.717, 1.165) is 5.56 Å². The van der Waals surface area contributed by atoms with E-state index >= 15 is 0 Å². The van der Waals surface area contributed by atoms with Gasteiger partial charge in [0, 0.05) is 0 Å². The van der Waals surface area contributed by atoms with E-state index < -0.39 is 11.8 Å². The maximum absolute atomic E-state index is 13.6. The van der Waals surface area contributed by atoms with Crippen LogP contribution in [-0.4, -0.2) is 12.6 Å². The summed E-state index contributed by atoms with van der Waals surface area (Å²) in [7, 11) is 0. The lowest BCUT2D eigenvalue weighted by molar-refractivity contribution is -0.142. The molecule has 0 saturated carbocycles. The molecule has 0 aliphatic rings. The number of halogens is 1. The molecule has 0 bridgehead atoms. The molecule has 0 aromatic heterocycles. The number of nitrogens with zero attached hydrogens (tertiary/aromatic N) is 1. The standard InChI is InChI=1S/C13H14FNO2/c1-3-9-5-10(7-13(16)17-4-2)12(14)6-11(9)8-15/h5-6H,3-4,7H2,1-2H3. The second-order valence-corrected chi connectivity index (χ2v) is 3.55. The van der Waals surface area contributed by atoms with Gasteiger partial charge in [-0.1, -0.05) is 13.0 Å². The van der Waals surface area contributed by atoms with Crippen molar-refractivity contribution < 1.29 is 13.9 Å². The molecule has 0 unspecified atom stereocenters. The van der Waals surface area contributed by atoms with Gasteiger partial charge in [0.2, 0.25) is 0 Å². The molecule has 3 nitrogen and oxygen atoms in total. The molecular weight excluding hydrogens is 221 g/mol. The van der Waals surface area contributed by atoms with E-state index in [4.69, 9.17) is 10.00 Å². The first-order chi connectivity index (χ1) is 8.12. The third-order valence-electron chi connectivity index (χ3n) is 2.41. The Kier molecular flexibility index (Phi) is 4.65. The predicted octanol–water partition coefficient (Wildman–Crippen LogP) is 2.37. The van der Waals surface area contributed by atoms with E-state index in [-0.39, 0.29) is 18.6 Å². The summed E-state index contributed by atoms with van der Waals surface area (Å²) in [6.45, 7) is 3.85.